The molecule has 1 heterocycles. The van der Waals surface area contributed by atoms with E-state index in [1.807, 2.05) is 35.2 Å². The molecule has 0 unspecified atom stereocenters. The van der Waals surface area contributed by atoms with Crippen molar-refractivity contribution in [1.82, 2.24) is 4.90 Å². The molecular formula is C20H24N2O3S. The lowest BCUT2D eigenvalue weighted by Crippen LogP contribution is -2.37. The molecule has 0 aliphatic carbocycles. The summed E-state index contributed by atoms with van der Waals surface area (Å²) in [7, 11) is -3.37. The quantitative estimate of drug-likeness (QED) is 0.783. The van der Waals surface area contributed by atoms with Gasteiger partial charge >= 0.3 is 0 Å². The lowest BCUT2D eigenvalue weighted by Gasteiger charge is -2.29. The minimum absolute atomic E-state index is 0.0843. The van der Waals surface area contributed by atoms with Gasteiger partial charge in [-0.1, -0.05) is 42.5 Å². The number of benzene rings is 2. The molecule has 0 N–H and O–H groups in total. The fourth-order valence-corrected chi connectivity index (χ4v) is 4.29. The van der Waals surface area contributed by atoms with Crippen LogP contribution in [0.25, 0.3) is 0 Å². The summed E-state index contributed by atoms with van der Waals surface area (Å²) in [6.07, 6.45) is 2.92. The number of carbonyl (C=O) groups excluding carboxylic acids is 1. The highest BCUT2D eigenvalue weighted by Gasteiger charge is 2.21. The maximum absolute atomic E-state index is 12.5. The van der Waals surface area contributed by atoms with Crippen LogP contribution in [0.2, 0.25) is 0 Å². The predicted molar refractivity (Wildman–Crippen MR) is 103 cm³/mol. The molecule has 0 atom stereocenters. The Hall–Kier alpha value is -2.34. The fourth-order valence-electron chi connectivity index (χ4n) is 3.32. The maximum atomic E-state index is 12.5. The molecule has 5 nitrogen and oxygen atoms in total. The number of carbonyl (C=O) groups is 1. The minimum Gasteiger partial charge on any atom is -0.338 e. The van der Waals surface area contributed by atoms with Gasteiger partial charge in [-0.15, -0.1) is 0 Å². The summed E-state index contributed by atoms with van der Waals surface area (Å²) < 4.78 is 25.5. The molecule has 0 spiro atoms. The summed E-state index contributed by atoms with van der Waals surface area (Å²) in [6.45, 7) is 1.67. The third-order valence-electron chi connectivity index (χ3n) is 4.68. The second-order valence-electron chi connectivity index (χ2n) is 6.61. The molecule has 0 radical (unpaired) electrons. The summed E-state index contributed by atoms with van der Waals surface area (Å²) >= 11 is 0. The molecule has 3 rings (SSSR count). The Labute approximate surface area is 155 Å². The number of amides is 1. The summed E-state index contributed by atoms with van der Waals surface area (Å²) in [6, 6.07) is 17.2. The van der Waals surface area contributed by atoms with E-state index in [0.29, 0.717) is 31.6 Å². The van der Waals surface area contributed by atoms with E-state index in [1.54, 1.807) is 12.1 Å². The molecule has 0 aromatic heterocycles. The first-order valence-electron chi connectivity index (χ1n) is 8.82. The first kappa shape index (κ1) is 18.5. The standard InChI is InChI=1S/C20H24N2O3S/c1-26(24,25)22(19-10-3-2-4-11-19)14-7-12-20(23)21-15-13-17-8-5-6-9-18(17)16-21/h2-6,8-11H,7,12-16H2,1H3. The Morgan fingerprint density at radius 3 is 2.38 bits per heavy atom. The van der Waals surface area contributed by atoms with E-state index >= 15 is 0 Å². The van der Waals surface area contributed by atoms with Crippen molar-refractivity contribution in [2.75, 3.05) is 23.7 Å². The number of para-hydroxylation sites is 1. The van der Waals surface area contributed by atoms with Gasteiger partial charge in [0.2, 0.25) is 15.9 Å². The van der Waals surface area contributed by atoms with Crippen LogP contribution >= 0.6 is 0 Å². The monoisotopic (exact) mass is 372 g/mol. The average molecular weight is 372 g/mol. The van der Waals surface area contributed by atoms with E-state index < -0.39 is 10.0 Å². The molecule has 26 heavy (non-hydrogen) atoms. The minimum atomic E-state index is -3.37. The SMILES string of the molecule is CS(=O)(=O)N(CCCC(=O)N1CCc2ccccc2C1)c1ccccc1. The van der Waals surface area contributed by atoms with Gasteiger partial charge in [-0.05, 0) is 36.1 Å². The van der Waals surface area contributed by atoms with Crippen molar-refractivity contribution in [2.24, 2.45) is 0 Å². The van der Waals surface area contributed by atoms with Gasteiger partial charge in [-0.2, -0.15) is 0 Å². The molecule has 0 bridgehead atoms. The Morgan fingerprint density at radius 1 is 1.04 bits per heavy atom. The van der Waals surface area contributed by atoms with Crippen LogP contribution in [-0.2, 0) is 27.8 Å². The molecule has 6 heteroatoms. The van der Waals surface area contributed by atoms with Crippen LogP contribution in [0.4, 0.5) is 5.69 Å². The van der Waals surface area contributed by atoms with Crippen molar-refractivity contribution in [1.29, 1.82) is 0 Å². The smallest absolute Gasteiger partial charge is 0.232 e. The number of rotatable bonds is 6. The highest BCUT2D eigenvalue weighted by Crippen LogP contribution is 2.20. The fraction of sp³-hybridized carbons (Fsp3) is 0.350. The highest BCUT2D eigenvalue weighted by atomic mass is 32.2. The van der Waals surface area contributed by atoms with Crippen molar-refractivity contribution in [3.8, 4) is 0 Å². The van der Waals surface area contributed by atoms with E-state index in [1.165, 1.54) is 21.7 Å². The number of hydrogen-bond donors (Lipinski definition) is 0. The number of nitrogens with zero attached hydrogens (tertiary/aromatic N) is 2. The van der Waals surface area contributed by atoms with Gasteiger partial charge in [-0.25, -0.2) is 8.42 Å². The predicted octanol–water partition coefficient (Wildman–Crippen LogP) is 2.82. The van der Waals surface area contributed by atoms with Crippen LogP contribution in [0, 0.1) is 0 Å². The summed E-state index contributed by atoms with van der Waals surface area (Å²) in [5, 5.41) is 0. The van der Waals surface area contributed by atoms with Gasteiger partial charge < -0.3 is 4.90 Å². The third-order valence-corrected chi connectivity index (χ3v) is 5.87. The Kier molecular flexibility index (Phi) is 5.61. The molecule has 0 saturated carbocycles. The average Bonchev–Trinajstić information content (AvgIpc) is 2.64. The van der Waals surface area contributed by atoms with E-state index in [2.05, 4.69) is 12.1 Å². The van der Waals surface area contributed by atoms with Gasteiger partial charge in [0, 0.05) is 26.1 Å². The summed E-state index contributed by atoms with van der Waals surface area (Å²) in [5.41, 5.74) is 3.15. The molecule has 1 aliphatic heterocycles. The van der Waals surface area contributed by atoms with Crippen molar-refractivity contribution in [3.63, 3.8) is 0 Å². The van der Waals surface area contributed by atoms with Gasteiger partial charge in [0.1, 0.15) is 0 Å². The third kappa shape index (κ3) is 4.43. The lowest BCUT2D eigenvalue weighted by molar-refractivity contribution is -0.132. The molecule has 1 aliphatic rings. The van der Waals surface area contributed by atoms with Crippen LogP contribution in [0.3, 0.4) is 0 Å². The highest BCUT2D eigenvalue weighted by molar-refractivity contribution is 7.92. The van der Waals surface area contributed by atoms with Crippen LogP contribution in [0.1, 0.15) is 24.0 Å². The van der Waals surface area contributed by atoms with E-state index in [-0.39, 0.29) is 5.91 Å². The number of sulfonamides is 1. The van der Waals surface area contributed by atoms with Crippen molar-refractivity contribution in [2.45, 2.75) is 25.8 Å². The Morgan fingerprint density at radius 2 is 1.69 bits per heavy atom. The van der Waals surface area contributed by atoms with Gasteiger partial charge in [0.15, 0.2) is 0 Å². The summed E-state index contributed by atoms with van der Waals surface area (Å²) in [5.74, 6) is 0.0843. The normalized spacial score (nSPS) is 14.0. The molecule has 138 valence electrons. The summed E-state index contributed by atoms with van der Waals surface area (Å²) in [4.78, 5) is 14.4. The molecule has 2 aromatic rings. The van der Waals surface area contributed by atoms with Crippen molar-refractivity contribution >= 4 is 21.6 Å². The van der Waals surface area contributed by atoms with Crippen LogP contribution < -0.4 is 4.31 Å². The zero-order chi connectivity index (χ0) is 18.6. The second-order valence-corrected chi connectivity index (χ2v) is 8.52. The van der Waals surface area contributed by atoms with Crippen molar-refractivity contribution in [3.05, 3.63) is 65.7 Å². The molecule has 0 saturated heterocycles. The maximum Gasteiger partial charge on any atom is 0.232 e. The lowest BCUT2D eigenvalue weighted by atomic mass is 9.99. The van der Waals surface area contributed by atoms with Gasteiger partial charge in [-0.3, -0.25) is 9.10 Å². The number of fused-ring (bicyclic) bond motifs is 1. The zero-order valence-electron chi connectivity index (χ0n) is 15.0. The molecule has 1 amide bonds. The largest absolute Gasteiger partial charge is 0.338 e. The number of hydrogen-bond acceptors (Lipinski definition) is 3. The van der Waals surface area contributed by atoms with Crippen LogP contribution in [0.15, 0.2) is 54.6 Å². The van der Waals surface area contributed by atoms with E-state index in [9.17, 15) is 13.2 Å². The Bertz CT molecular complexity index is 866. The van der Waals surface area contributed by atoms with Crippen LogP contribution in [-0.4, -0.2) is 38.6 Å². The van der Waals surface area contributed by atoms with Gasteiger partial charge in [0.25, 0.3) is 0 Å². The first-order chi connectivity index (χ1) is 12.4. The number of anilines is 1. The molecular weight excluding hydrogens is 348 g/mol. The molecule has 0 fully saturated rings. The Balaban J connectivity index is 1.58. The second kappa shape index (κ2) is 7.91. The molecule has 2 aromatic carbocycles. The van der Waals surface area contributed by atoms with E-state index in [0.717, 1.165) is 13.0 Å². The topological polar surface area (TPSA) is 57.7 Å². The first-order valence-corrected chi connectivity index (χ1v) is 10.7. The zero-order valence-corrected chi connectivity index (χ0v) is 15.8. The van der Waals surface area contributed by atoms with Crippen molar-refractivity contribution < 1.29 is 13.2 Å². The van der Waals surface area contributed by atoms with E-state index in [4.69, 9.17) is 0 Å². The van der Waals surface area contributed by atoms with Crippen LogP contribution in [0.5, 0.6) is 0 Å². The van der Waals surface area contributed by atoms with Gasteiger partial charge in [0.05, 0.1) is 11.9 Å².